The number of rotatable bonds is 1. The summed E-state index contributed by atoms with van der Waals surface area (Å²) in [7, 11) is 1.97. The summed E-state index contributed by atoms with van der Waals surface area (Å²) < 4.78 is 1.94. The maximum absolute atomic E-state index is 5.80. The van der Waals surface area contributed by atoms with Crippen LogP contribution in [0.25, 0.3) is 5.57 Å². The van der Waals surface area contributed by atoms with Crippen molar-refractivity contribution in [3.63, 3.8) is 0 Å². The van der Waals surface area contributed by atoms with Crippen molar-refractivity contribution in [1.82, 2.24) is 14.9 Å². The molecule has 0 saturated carbocycles. The fourth-order valence-electron chi connectivity index (χ4n) is 1.50. The van der Waals surface area contributed by atoms with E-state index in [1.807, 2.05) is 17.8 Å². The monoisotopic (exact) mass is 178 g/mol. The van der Waals surface area contributed by atoms with Gasteiger partial charge in [0.25, 0.3) is 0 Å². The molecule has 1 aliphatic rings. The van der Waals surface area contributed by atoms with E-state index in [1.54, 1.807) is 6.33 Å². The van der Waals surface area contributed by atoms with Crippen molar-refractivity contribution in [3.8, 4) is 0 Å². The number of aryl methyl sites for hydroxylation is 1. The van der Waals surface area contributed by atoms with Crippen LogP contribution < -0.4 is 11.1 Å². The third kappa shape index (κ3) is 1.79. The van der Waals surface area contributed by atoms with E-state index in [-0.39, 0.29) is 6.04 Å². The molecule has 0 saturated heterocycles. The highest BCUT2D eigenvalue weighted by Gasteiger charge is 2.11. The Morgan fingerprint density at radius 2 is 2.54 bits per heavy atom. The molecule has 0 fully saturated rings. The molecule has 1 aliphatic heterocycles. The summed E-state index contributed by atoms with van der Waals surface area (Å²) in [4.78, 5) is 4.27. The number of nitrogens with one attached hydrogen (secondary N) is 1. The lowest BCUT2D eigenvalue weighted by Crippen LogP contribution is -2.37. The molecule has 1 unspecified atom stereocenters. The molecule has 0 aromatic carbocycles. The van der Waals surface area contributed by atoms with Gasteiger partial charge < -0.3 is 15.6 Å². The van der Waals surface area contributed by atoms with Gasteiger partial charge in [-0.3, -0.25) is 0 Å². The predicted molar refractivity (Wildman–Crippen MR) is 52.0 cm³/mol. The van der Waals surface area contributed by atoms with Crippen molar-refractivity contribution in [3.05, 3.63) is 24.3 Å². The fraction of sp³-hybridized carbons (Fsp3) is 0.444. The van der Waals surface area contributed by atoms with E-state index in [0.717, 1.165) is 18.8 Å². The van der Waals surface area contributed by atoms with Crippen molar-refractivity contribution in [2.45, 2.75) is 6.04 Å². The van der Waals surface area contributed by atoms with Crippen LogP contribution in [0.3, 0.4) is 0 Å². The molecule has 0 spiro atoms. The van der Waals surface area contributed by atoms with Crippen LogP contribution in [0.4, 0.5) is 0 Å². The maximum atomic E-state index is 5.80. The largest absolute Gasteiger partial charge is 0.340 e. The van der Waals surface area contributed by atoms with Crippen LogP contribution in [0.15, 0.2) is 18.6 Å². The van der Waals surface area contributed by atoms with Crippen LogP contribution in [0.2, 0.25) is 0 Å². The Morgan fingerprint density at radius 1 is 1.69 bits per heavy atom. The normalized spacial score (nSPS) is 22.9. The summed E-state index contributed by atoms with van der Waals surface area (Å²) >= 11 is 0. The minimum absolute atomic E-state index is 0.116. The van der Waals surface area contributed by atoms with Crippen LogP contribution in [-0.4, -0.2) is 28.7 Å². The van der Waals surface area contributed by atoms with Gasteiger partial charge in [-0.15, -0.1) is 0 Å². The van der Waals surface area contributed by atoms with Gasteiger partial charge in [0, 0.05) is 32.4 Å². The number of imidazole rings is 1. The highest BCUT2D eigenvalue weighted by atomic mass is 15.0. The molecule has 1 aromatic rings. The molecule has 0 aliphatic carbocycles. The van der Waals surface area contributed by atoms with Gasteiger partial charge in [-0.25, -0.2) is 4.98 Å². The van der Waals surface area contributed by atoms with E-state index in [4.69, 9.17) is 5.73 Å². The maximum Gasteiger partial charge on any atom is 0.0951 e. The Labute approximate surface area is 77.5 Å². The molecular weight excluding hydrogens is 164 g/mol. The summed E-state index contributed by atoms with van der Waals surface area (Å²) in [6, 6.07) is 0.116. The molecule has 2 rings (SSSR count). The third-order valence-electron chi connectivity index (χ3n) is 2.14. The van der Waals surface area contributed by atoms with Gasteiger partial charge in [-0.2, -0.15) is 0 Å². The van der Waals surface area contributed by atoms with Crippen LogP contribution in [-0.2, 0) is 7.05 Å². The zero-order valence-electron chi connectivity index (χ0n) is 7.70. The van der Waals surface area contributed by atoms with E-state index in [1.165, 1.54) is 5.57 Å². The first-order valence-corrected chi connectivity index (χ1v) is 4.41. The first-order chi connectivity index (χ1) is 6.25. The Balaban J connectivity index is 2.25. The van der Waals surface area contributed by atoms with Gasteiger partial charge >= 0.3 is 0 Å². The molecule has 13 heavy (non-hydrogen) atoms. The summed E-state index contributed by atoms with van der Waals surface area (Å²) in [6.45, 7) is 1.72. The Kier molecular flexibility index (Phi) is 2.16. The van der Waals surface area contributed by atoms with Crippen LogP contribution in [0.5, 0.6) is 0 Å². The molecule has 0 bridgehead atoms. The van der Waals surface area contributed by atoms with Crippen molar-refractivity contribution >= 4 is 5.57 Å². The lowest BCUT2D eigenvalue weighted by molar-refractivity contribution is 0.662. The van der Waals surface area contributed by atoms with Crippen molar-refractivity contribution < 1.29 is 0 Å². The number of aromatic nitrogens is 2. The second-order valence-corrected chi connectivity index (χ2v) is 3.41. The standard InChI is InChI=1S/C9H14N4/c1-13-5-9(12-6-13)7-2-8(10)4-11-3-7/h2,5-6,8,11H,3-4,10H2,1H3. The van der Waals surface area contributed by atoms with Gasteiger partial charge in [0.1, 0.15) is 0 Å². The molecule has 0 radical (unpaired) electrons. The fourth-order valence-corrected chi connectivity index (χ4v) is 1.50. The number of nitrogens with zero attached hydrogens (tertiary/aromatic N) is 2. The number of nitrogens with two attached hydrogens (primary N) is 1. The van der Waals surface area contributed by atoms with Crippen LogP contribution in [0.1, 0.15) is 5.69 Å². The second kappa shape index (κ2) is 3.32. The van der Waals surface area contributed by atoms with Crippen molar-refractivity contribution in [2.24, 2.45) is 12.8 Å². The van der Waals surface area contributed by atoms with Gasteiger partial charge in [-0.1, -0.05) is 6.08 Å². The Bertz CT molecular complexity index is 326. The van der Waals surface area contributed by atoms with E-state index in [0.29, 0.717) is 0 Å². The summed E-state index contributed by atoms with van der Waals surface area (Å²) in [5.41, 5.74) is 8.01. The van der Waals surface area contributed by atoms with Gasteiger partial charge in [0.15, 0.2) is 0 Å². The molecule has 1 aromatic heterocycles. The minimum atomic E-state index is 0.116. The summed E-state index contributed by atoms with van der Waals surface area (Å²) in [6.07, 6.45) is 5.89. The lowest BCUT2D eigenvalue weighted by atomic mass is 10.1. The molecule has 70 valence electrons. The third-order valence-corrected chi connectivity index (χ3v) is 2.14. The molecule has 2 heterocycles. The molecular formula is C9H14N4. The van der Waals surface area contributed by atoms with Gasteiger partial charge in [0.05, 0.1) is 12.0 Å². The highest BCUT2D eigenvalue weighted by Crippen LogP contribution is 2.13. The van der Waals surface area contributed by atoms with Crippen LogP contribution in [0, 0.1) is 0 Å². The summed E-state index contributed by atoms with van der Waals surface area (Å²) in [5.74, 6) is 0. The number of hydrogen-bond acceptors (Lipinski definition) is 3. The van der Waals surface area contributed by atoms with Gasteiger partial charge in [0.2, 0.25) is 0 Å². The Hall–Kier alpha value is -1.13. The second-order valence-electron chi connectivity index (χ2n) is 3.41. The average molecular weight is 178 g/mol. The van der Waals surface area contributed by atoms with E-state index >= 15 is 0 Å². The minimum Gasteiger partial charge on any atom is -0.340 e. The molecule has 4 nitrogen and oxygen atoms in total. The lowest BCUT2D eigenvalue weighted by Gasteiger charge is -2.17. The van der Waals surface area contributed by atoms with Crippen molar-refractivity contribution in [2.75, 3.05) is 13.1 Å². The SMILES string of the molecule is Cn1cnc(C2=CC(N)CNC2)c1. The molecule has 4 heteroatoms. The summed E-state index contributed by atoms with van der Waals surface area (Å²) in [5, 5.41) is 3.25. The molecule has 0 amide bonds. The smallest absolute Gasteiger partial charge is 0.0951 e. The zero-order chi connectivity index (χ0) is 9.26. The van der Waals surface area contributed by atoms with E-state index < -0.39 is 0 Å². The average Bonchev–Trinajstić information content (AvgIpc) is 2.52. The Morgan fingerprint density at radius 3 is 3.15 bits per heavy atom. The van der Waals surface area contributed by atoms with E-state index in [2.05, 4.69) is 16.4 Å². The predicted octanol–water partition coefficient (Wildman–Crippen LogP) is -0.266. The van der Waals surface area contributed by atoms with Gasteiger partial charge in [-0.05, 0) is 5.57 Å². The quantitative estimate of drug-likeness (QED) is 0.622. The first-order valence-electron chi connectivity index (χ1n) is 4.41. The van der Waals surface area contributed by atoms with Crippen LogP contribution >= 0.6 is 0 Å². The number of hydrogen-bond donors (Lipinski definition) is 2. The zero-order valence-corrected chi connectivity index (χ0v) is 7.70. The van der Waals surface area contributed by atoms with Crippen molar-refractivity contribution in [1.29, 1.82) is 0 Å². The topological polar surface area (TPSA) is 55.9 Å². The van der Waals surface area contributed by atoms with E-state index in [9.17, 15) is 0 Å². The molecule has 1 atom stereocenters. The first kappa shape index (κ1) is 8.47. The highest BCUT2D eigenvalue weighted by molar-refractivity contribution is 5.65. The molecule has 3 N–H and O–H groups in total.